The summed E-state index contributed by atoms with van der Waals surface area (Å²) in [5.41, 5.74) is 4.78. The molecule has 0 aliphatic carbocycles. The summed E-state index contributed by atoms with van der Waals surface area (Å²) in [6, 6.07) is 23.9. The number of methoxy groups -OCH3 is 1. The van der Waals surface area contributed by atoms with Crippen molar-refractivity contribution in [2.75, 3.05) is 7.11 Å². The van der Waals surface area contributed by atoms with Gasteiger partial charge in [0.15, 0.2) is 5.82 Å². The summed E-state index contributed by atoms with van der Waals surface area (Å²) in [5.74, 6) is 1.48. The van der Waals surface area contributed by atoms with Gasteiger partial charge >= 0.3 is 0 Å². The first-order valence-electron chi connectivity index (χ1n) is 12.1. The zero-order valence-electron chi connectivity index (χ0n) is 20.5. The van der Waals surface area contributed by atoms with Crippen LogP contribution in [0.25, 0.3) is 33.4 Å². The minimum atomic E-state index is 0.00565. The number of tetrazole rings is 1. The van der Waals surface area contributed by atoms with Crippen molar-refractivity contribution >= 4 is 10.9 Å². The van der Waals surface area contributed by atoms with Crippen LogP contribution in [0.3, 0.4) is 0 Å². The largest absolute Gasteiger partial charge is 0.362 e. The molecule has 0 aliphatic rings. The quantitative estimate of drug-likeness (QED) is 0.304. The molecule has 182 valence electrons. The molecule has 0 amide bonds. The van der Waals surface area contributed by atoms with E-state index in [-0.39, 0.29) is 12.3 Å². The topological polar surface area (TPSA) is 87.7 Å². The van der Waals surface area contributed by atoms with E-state index in [0.717, 1.165) is 52.9 Å². The van der Waals surface area contributed by atoms with Crippen LogP contribution in [0.2, 0.25) is 0 Å². The third-order valence-corrected chi connectivity index (χ3v) is 6.25. The van der Waals surface area contributed by atoms with Crippen molar-refractivity contribution in [1.82, 2.24) is 29.8 Å². The fraction of sp³-hybridized carbons (Fsp3) is 0.250. The van der Waals surface area contributed by atoms with Gasteiger partial charge in [0.25, 0.3) is 5.56 Å². The van der Waals surface area contributed by atoms with Crippen LogP contribution in [-0.4, -0.2) is 36.9 Å². The molecule has 0 spiro atoms. The molecule has 8 nitrogen and oxygen atoms in total. The molecule has 2 aromatic heterocycles. The lowest BCUT2D eigenvalue weighted by molar-refractivity contribution is 0.120. The summed E-state index contributed by atoms with van der Waals surface area (Å²) in [6.07, 6.45) is 2.81. The number of nitrogens with zero attached hydrogens (tertiary/aromatic N) is 6. The summed E-state index contributed by atoms with van der Waals surface area (Å²) in [5, 5.41) is 12.7. The van der Waals surface area contributed by atoms with E-state index in [1.807, 2.05) is 47.0 Å². The van der Waals surface area contributed by atoms with Gasteiger partial charge in [-0.3, -0.25) is 9.36 Å². The monoisotopic (exact) mass is 480 g/mol. The standard InChI is InChI=1S/C28H28N6O2/c1-3-4-13-26-29-25-12-8-7-11-24(25)28(35)33(26)18-20-14-16-21(17-15-20)22-9-5-6-10-23(22)27-30-31-32-34(27)19-36-2/h5-12,14-17H,3-4,13,18-19H2,1-2H3. The first-order valence-corrected chi connectivity index (χ1v) is 12.1. The van der Waals surface area contributed by atoms with Gasteiger partial charge in [0.05, 0.1) is 17.4 Å². The van der Waals surface area contributed by atoms with Crippen LogP contribution < -0.4 is 5.56 Å². The van der Waals surface area contributed by atoms with Crippen LogP contribution in [0.1, 0.15) is 31.2 Å². The van der Waals surface area contributed by atoms with E-state index in [1.165, 1.54) is 0 Å². The van der Waals surface area contributed by atoms with Gasteiger partial charge in [0.1, 0.15) is 12.6 Å². The number of fused-ring (bicyclic) bond motifs is 1. The number of rotatable bonds is 9. The number of unbranched alkanes of at least 4 members (excludes halogenated alkanes) is 1. The number of aryl methyl sites for hydroxylation is 1. The van der Waals surface area contributed by atoms with Gasteiger partial charge in [0, 0.05) is 19.1 Å². The van der Waals surface area contributed by atoms with Crippen LogP contribution in [-0.2, 0) is 24.4 Å². The number of benzene rings is 3. The summed E-state index contributed by atoms with van der Waals surface area (Å²) in [7, 11) is 1.61. The molecule has 0 saturated heterocycles. The molecular weight excluding hydrogens is 452 g/mol. The Morgan fingerprint density at radius 3 is 2.44 bits per heavy atom. The van der Waals surface area contributed by atoms with Crippen LogP contribution in [0.4, 0.5) is 0 Å². The Morgan fingerprint density at radius 1 is 0.917 bits per heavy atom. The van der Waals surface area contributed by atoms with Crippen LogP contribution >= 0.6 is 0 Å². The third-order valence-electron chi connectivity index (χ3n) is 6.25. The molecule has 0 unspecified atom stereocenters. The molecule has 0 radical (unpaired) electrons. The molecule has 8 heteroatoms. The van der Waals surface area contributed by atoms with Crippen molar-refractivity contribution in [3.05, 3.63) is 94.5 Å². The van der Waals surface area contributed by atoms with Crippen LogP contribution in [0.15, 0.2) is 77.6 Å². The SMILES string of the molecule is CCCCc1nc2ccccc2c(=O)n1Cc1ccc(-c2ccccc2-c2nnnn2COC)cc1. The van der Waals surface area contributed by atoms with Crippen molar-refractivity contribution < 1.29 is 4.74 Å². The Kier molecular flexibility index (Phi) is 6.95. The first-order chi connectivity index (χ1) is 17.7. The lowest BCUT2D eigenvalue weighted by Gasteiger charge is -2.14. The van der Waals surface area contributed by atoms with Gasteiger partial charge in [-0.1, -0.05) is 74.0 Å². The fourth-order valence-corrected chi connectivity index (χ4v) is 4.41. The normalized spacial score (nSPS) is 11.3. The highest BCUT2D eigenvalue weighted by Crippen LogP contribution is 2.30. The van der Waals surface area contributed by atoms with E-state index < -0.39 is 0 Å². The molecule has 0 atom stereocenters. The molecule has 3 aromatic carbocycles. The highest BCUT2D eigenvalue weighted by molar-refractivity contribution is 5.80. The predicted molar refractivity (Wildman–Crippen MR) is 139 cm³/mol. The molecular formula is C28H28N6O2. The second kappa shape index (κ2) is 10.6. The van der Waals surface area contributed by atoms with E-state index in [9.17, 15) is 4.79 Å². The molecule has 0 saturated carbocycles. The van der Waals surface area contributed by atoms with Crippen molar-refractivity contribution in [1.29, 1.82) is 0 Å². The van der Waals surface area contributed by atoms with Crippen molar-refractivity contribution in [3.63, 3.8) is 0 Å². The highest BCUT2D eigenvalue weighted by atomic mass is 16.5. The van der Waals surface area contributed by atoms with Gasteiger partial charge in [-0.25, -0.2) is 4.98 Å². The Hall–Kier alpha value is -4.17. The second-order valence-electron chi connectivity index (χ2n) is 8.70. The van der Waals surface area contributed by atoms with Crippen molar-refractivity contribution in [3.8, 4) is 22.5 Å². The number of para-hydroxylation sites is 1. The molecule has 5 rings (SSSR count). The average molecular weight is 481 g/mol. The second-order valence-corrected chi connectivity index (χ2v) is 8.70. The minimum Gasteiger partial charge on any atom is -0.362 e. The van der Waals surface area contributed by atoms with E-state index in [1.54, 1.807) is 11.8 Å². The van der Waals surface area contributed by atoms with Gasteiger partial charge in [-0.2, -0.15) is 4.68 Å². The average Bonchev–Trinajstić information content (AvgIpc) is 3.38. The maximum Gasteiger partial charge on any atom is 0.261 e. The highest BCUT2D eigenvalue weighted by Gasteiger charge is 2.15. The lowest BCUT2D eigenvalue weighted by atomic mass is 9.98. The van der Waals surface area contributed by atoms with Crippen LogP contribution in [0.5, 0.6) is 0 Å². The van der Waals surface area contributed by atoms with Crippen molar-refractivity contribution in [2.45, 2.75) is 39.5 Å². The Labute approximate surface area is 209 Å². The minimum absolute atomic E-state index is 0.00565. The van der Waals surface area contributed by atoms with Crippen molar-refractivity contribution in [2.24, 2.45) is 0 Å². The Balaban J connectivity index is 1.49. The first kappa shape index (κ1) is 23.6. The molecule has 2 heterocycles. The summed E-state index contributed by atoms with van der Waals surface area (Å²) in [6.45, 7) is 2.89. The van der Waals surface area contributed by atoms with Gasteiger partial charge in [0.2, 0.25) is 0 Å². The molecule has 5 aromatic rings. The zero-order valence-corrected chi connectivity index (χ0v) is 20.5. The summed E-state index contributed by atoms with van der Waals surface area (Å²) >= 11 is 0. The number of aromatic nitrogens is 6. The van der Waals surface area contributed by atoms with Gasteiger partial charge in [-0.05, 0) is 45.7 Å². The molecule has 0 N–H and O–H groups in total. The van der Waals surface area contributed by atoms with E-state index in [0.29, 0.717) is 17.8 Å². The van der Waals surface area contributed by atoms with E-state index in [2.05, 4.69) is 52.8 Å². The zero-order chi connectivity index (χ0) is 24.9. The number of hydrogen-bond acceptors (Lipinski definition) is 6. The Bertz CT molecular complexity index is 1540. The van der Waals surface area contributed by atoms with Gasteiger partial charge in [-0.15, -0.1) is 5.10 Å². The molecule has 0 fully saturated rings. The molecule has 0 bridgehead atoms. The molecule has 36 heavy (non-hydrogen) atoms. The number of hydrogen-bond donors (Lipinski definition) is 0. The third kappa shape index (κ3) is 4.67. The smallest absolute Gasteiger partial charge is 0.261 e. The van der Waals surface area contributed by atoms with E-state index >= 15 is 0 Å². The van der Waals surface area contributed by atoms with E-state index in [4.69, 9.17) is 9.72 Å². The maximum absolute atomic E-state index is 13.4. The maximum atomic E-state index is 13.4. The number of ether oxygens (including phenoxy) is 1. The fourth-order valence-electron chi connectivity index (χ4n) is 4.41. The predicted octanol–water partition coefficient (Wildman–Crippen LogP) is 4.71. The summed E-state index contributed by atoms with van der Waals surface area (Å²) < 4.78 is 8.67. The van der Waals surface area contributed by atoms with Gasteiger partial charge < -0.3 is 4.74 Å². The molecule has 0 aliphatic heterocycles. The van der Waals surface area contributed by atoms with Crippen LogP contribution in [0, 0.1) is 0 Å². The summed E-state index contributed by atoms with van der Waals surface area (Å²) in [4.78, 5) is 18.2. The Morgan fingerprint density at radius 2 is 1.67 bits per heavy atom. The lowest BCUT2D eigenvalue weighted by Crippen LogP contribution is -2.26.